The maximum Gasteiger partial charge on any atom is 0.330 e. The van der Waals surface area contributed by atoms with Crippen LogP contribution in [-0.2, 0) is 28.6 Å². The van der Waals surface area contributed by atoms with Crippen LogP contribution >= 0.6 is 0 Å². The first kappa shape index (κ1) is 17.6. The minimum Gasteiger partial charge on any atom is -0.463 e. The second kappa shape index (κ2) is 10.5. The first-order valence-electron chi connectivity index (χ1n) is 5.95. The van der Waals surface area contributed by atoms with Gasteiger partial charge < -0.3 is 14.2 Å². The Kier molecular flexibility index (Phi) is 9.29. The molecule has 20 heavy (non-hydrogen) atoms. The summed E-state index contributed by atoms with van der Waals surface area (Å²) in [6.45, 7) is 9.85. The summed E-state index contributed by atoms with van der Waals surface area (Å²) in [6, 6.07) is 0. The zero-order valence-corrected chi connectivity index (χ0v) is 11.2. The van der Waals surface area contributed by atoms with E-state index >= 15 is 0 Å². The summed E-state index contributed by atoms with van der Waals surface area (Å²) in [7, 11) is 0. The third-order valence-corrected chi connectivity index (χ3v) is 2.11. The van der Waals surface area contributed by atoms with E-state index < -0.39 is 24.0 Å². The van der Waals surface area contributed by atoms with Crippen molar-refractivity contribution in [2.75, 3.05) is 13.2 Å². The molecule has 6 heteroatoms. The average Bonchev–Trinajstić information content (AvgIpc) is 2.47. The Labute approximate surface area is 117 Å². The van der Waals surface area contributed by atoms with Crippen molar-refractivity contribution < 1.29 is 28.6 Å². The van der Waals surface area contributed by atoms with Gasteiger partial charge in [-0.15, -0.1) is 0 Å². The summed E-state index contributed by atoms with van der Waals surface area (Å²) < 4.78 is 14.6. The lowest BCUT2D eigenvalue weighted by Gasteiger charge is -2.16. The SMILES string of the molecule is C=CC(=O)OCCCC(COC(=O)C=C)OC(=O)C=C. The van der Waals surface area contributed by atoms with Crippen LogP contribution in [0.4, 0.5) is 0 Å². The molecule has 110 valence electrons. The minimum absolute atomic E-state index is 0.0974. The van der Waals surface area contributed by atoms with Gasteiger partial charge in [-0.3, -0.25) is 0 Å². The first-order valence-corrected chi connectivity index (χ1v) is 5.95. The molecular formula is C14H18O6. The quantitative estimate of drug-likeness (QED) is 0.260. The van der Waals surface area contributed by atoms with Crippen LogP contribution in [0.5, 0.6) is 0 Å². The number of carbonyl (C=O) groups excluding carboxylic acids is 3. The van der Waals surface area contributed by atoms with Crippen LogP contribution < -0.4 is 0 Å². The summed E-state index contributed by atoms with van der Waals surface area (Å²) in [4.78, 5) is 32.9. The van der Waals surface area contributed by atoms with Crippen molar-refractivity contribution in [3.63, 3.8) is 0 Å². The summed E-state index contributed by atoms with van der Waals surface area (Å²) in [5, 5.41) is 0. The molecule has 0 heterocycles. The Bertz CT molecular complexity index is 385. The molecule has 6 nitrogen and oxygen atoms in total. The fraction of sp³-hybridized carbons (Fsp3) is 0.357. The lowest BCUT2D eigenvalue weighted by Crippen LogP contribution is -2.24. The van der Waals surface area contributed by atoms with Gasteiger partial charge in [0.05, 0.1) is 6.61 Å². The van der Waals surface area contributed by atoms with Gasteiger partial charge in [-0.1, -0.05) is 19.7 Å². The molecule has 1 unspecified atom stereocenters. The molecule has 0 aliphatic carbocycles. The summed E-state index contributed by atoms with van der Waals surface area (Å²) in [5.41, 5.74) is 0. The van der Waals surface area contributed by atoms with Crippen molar-refractivity contribution in [3.05, 3.63) is 38.0 Å². The predicted molar refractivity (Wildman–Crippen MR) is 71.6 cm³/mol. The standard InChI is InChI=1S/C14H18O6/c1-4-12(15)18-9-7-8-11(20-14(17)6-3)10-19-13(16)5-2/h4-6,11H,1-3,7-10H2. The van der Waals surface area contributed by atoms with E-state index in [0.717, 1.165) is 18.2 Å². The molecule has 0 radical (unpaired) electrons. The van der Waals surface area contributed by atoms with Crippen LogP contribution in [0.2, 0.25) is 0 Å². The molecular weight excluding hydrogens is 264 g/mol. The number of esters is 3. The Balaban J connectivity index is 4.16. The van der Waals surface area contributed by atoms with Gasteiger partial charge in [0.25, 0.3) is 0 Å². The van der Waals surface area contributed by atoms with Crippen molar-refractivity contribution in [1.82, 2.24) is 0 Å². The number of ether oxygens (including phenoxy) is 3. The molecule has 0 amide bonds. The van der Waals surface area contributed by atoms with E-state index in [1.54, 1.807) is 0 Å². The number of hydrogen-bond donors (Lipinski definition) is 0. The highest BCUT2D eigenvalue weighted by Crippen LogP contribution is 2.05. The van der Waals surface area contributed by atoms with Crippen molar-refractivity contribution in [1.29, 1.82) is 0 Å². The fourth-order valence-corrected chi connectivity index (χ4v) is 1.17. The second-order valence-corrected chi connectivity index (χ2v) is 3.61. The molecule has 0 fully saturated rings. The van der Waals surface area contributed by atoms with Gasteiger partial charge in [-0.2, -0.15) is 0 Å². The average molecular weight is 282 g/mol. The number of rotatable bonds is 10. The Morgan fingerprint density at radius 3 is 2.00 bits per heavy atom. The van der Waals surface area contributed by atoms with Crippen LogP contribution in [0, 0.1) is 0 Å². The highest BCUT2D eigenvalue weighted by atomic mass is 16.6. The van der Waals surface area contributed by atoms with Crippen LogP contribution in [-0.4, -0.2) is 37.2 Å². The third kappa shape index (κ3) is 8.68. The van der Waals surface area contributed by atoms with E-state index in [1.807, 2.05) is 0 Å². The van der Waals surface area contributed by atoms with Gasteiger partial charge in [-0.05, 0) is 12.8 Å². The normalized spacial score (nSPS) is 10.8. The second-order valence-electron chi connectivity index (χ2n) is 3.61. The molecule has 0 aromatic rings. The topological polar surface area (TPSA) is 78.9 Å². The van der Waals surface area contributed by atoms with Gasteiger partial charge in [0.2, 0.25) is 0 Å². The van der Waals surface area contributed by atoms with E-state index in [0.29, 0.717) is 12.8 Å². The zero-order chi connectivity index (χ0) is 15.4. The van der Waals surface area contributed by atoms with Crippen molar-refractivity contribution in [3.8, 4) is 0 Å². The maximum atomic E-state index is 11.1. The van der Waals surface area contributed by atoms with Crippen molar-refractivity contribution in [2.45, 2.75) is 18.9 Å². The third-order valence-electron chi connectivity index (χ3n) is 2.11. The Hall–Kier alpha value is -2.37. The van der Waals surface area contributed by atoms with Crippen LogP contribution in [0.3, 0.4) is 0 Å². The molecule has 0 aromatic heterocycles. The van der Waals surface area contributed by atoms with Gasteiger partial charge >= 0.3 is 17.9 Å². The molecule has 0 rings (SSSR count). The fourth-order valence-electron chi connectivity index (χ4n) is 1.17. The smallest absolute Gasteiger partial charge is 0.330 e. The minimum atomic E-state index is -0.633. The highest BCUT2D eigenvalue weighted by Gasteiger charge is 2.15. The summed E-state index contributed by atoms with van der Waals surface area (Å²) >= 11 is 0. The molecule has 0 bridgehead atoms. The molecule has 0 aromatic carbocycles. The van der Waals surface area contributed by atoms with Crippen LogP contribution in [0.25, 0.3) is 0 Å². The molecule has 1 atom stereocenters. The lowest BCUT2D eigenvalue weighted by molar-refractivity contribution is -0.153. The van der Waals surface area contributed by atoms with Crippen LogP contribution in [0.1, 0.15) is 12.8 Å². The van der Waals surface area contributed by atoms with E-state index in [-0.39, 0.29) is 13.2 Å². The molecule has 0 spiro atoms. The molecule has 0 aliphatic heterocycles. The summed E-state index contributed by atoms with van der Waals surface area (Å²) in [5.74, 6) is -1.75. The van der Waals surface area contributed by atoms with Crippen molar-refractivity contribution >= 4 is 17.9 Å². The van der Waals surface area contributed by atoms with Gasteiger partial charge in [-0.25, -0.2) is 14.4 Å². The first-order chi connectivity index (χ1) is 9.53. The van der Waals surface area contributed by atoms with E-state index in [9.17, 15) is 14.4 Å². The maximum absolute atomic E-state index is 11.1. The largest absolute Gasteiger partial charge is 0.463 e. The molecule has 0 N–H and O–H groups in total. The molecule has 0 saturated heterocycles. The highest BCUT2D eigenvalue weighted by molar-refractivity contribution is 5.82. The molecule has 0 aliphatic rings. The van der Waals surface area contributed by atoms with E-state index in [1.165, 1.54) is 0 Å². The van der Waals surface area contributed by atoms with E-state index in [4.69, 9.17) is 14.2 Å². The zero-order valence-electron chi connectivity index (χ0n) is 11.2. The molecule has 0 saturated carbocycles. The van der Waals surface area contributed by atoms with Crippen molar-refractivity contribution in [2.24, 2.45) is 0 Å². The number of carbonyl (C=O) groups is 3. The van der Waals surface area contributed by atoms with Crippen LogP contribution in [0.15, 0.2) is 38.0 Å². The Morgan fingerprint density at radius 2 is 1.45 bits per heavy atom. The lowest BCUT2D eigenvalue weighted by atomic mass is 10.2. The predicted octanol–water partition coefficient (Wildman–Crippen LogP) is 1.32. The summed E-state index contributed by atoms with van der Waals surface area (Å²) in [6.07, 6.45) is 3.26. The monoisotopic (exact) mass is 282 g/mol. The van der Waals surface area contributed by atoms with E-state index in [2.05, 4.69) is 19.7 Å². The van der Waals surface area contributed by atoms with Gasteiger partial charge in [0.15, 0.2) is 0 Å². The van der Waals surface area contributed by atoms with Gasteiger partial charge in [0, 0.05) is 18.2 Å². The number of hydrogen-bond acceptors (Lipinski definition) is 6. The Morgan fingerprint density at radius 1 is 0.900 bits per heavy atom. The van der Waals surface area contributed by atoms with Gasteiger partial charge in [0.1, 0.15) is 12.7 Å².